The fraction of sp³-hybridized carbons (Fsp3) is 0.440. The van der Waals surface area contributed by atoms with Gasteiger partial charge in [-0.15, -0.1) is 0 Å². The molecule has 186 valence electrons. The van der Waals surface area contributed by atoms with Gasteiger partial charge in [0.05, 0.1) is 11.9 Å². The van der Waals surface area contributed by atoms with Gasteiger partial charge < -0.3 is 10.2 Å². The molecule has 0 saturated heterocycles. The summed E-state index contributed by atoms with van der Waals surface area (Å²) in [5, 5.41) is 2.92. The maximum atomic E-state index is 13.5. The number of aryl methyl sites for hydroxylation is 2. The Bertz CT molecular complexity index is 1120. The van der Waals surface area contributed by atoms with Crippen LogP contribution in [0.5, 0.6) is 0 Å². The van der Waals surface area contributed by atoms with Crippen molar-refractivity contribution in [1.29, 1.82) is 0 Å². The van der Waals surface area contributed by atoms with Gasteiger partial charge in [0.25, 0.3) is 0 Å². The summed E-state index contributed by atoms with van der Waals surface area (Å²) in [6.07, 6.45) is 1.83. The van der Waals surface area contributed by atoms with Crippen molar-refractivity contribution >= 4 is 43.5 Å². The van der Waals surface area contributed by atoms with Crippen molar-refractivity contribution in [2.75, 3.05) is 17.1 Å². The van der Waals surface area contributed by atoms with Crippen molar-refractivity contribution in [3.8, 4) is 0 Å². The molecule has 0 radical (unpaired) electrons. The Labute approximate surface area is 211 Å². The Morgan fingerprint density at radius 3 is 2.21 bits per heavy atom. The first-order valence-corrected chi connectivity index (χ1v) is 13.9. The molecular weight excluding hydrogens is 518 g/mol. The molecule has 34 heavy (non-hydrogen) atoms. The Balaban J connectivity index is 2.39. The fourth-order valence-electron chi connectivity index (χ4n) is 3.34. The number of sulfonamides is 1. The molecule has 2 aromatic rings. The Morgan fingerprint density at radius 2 is 1.68 bits per heavy atom. The number of carbonyl (C=O) groups excluding carboxylic acids is 2. The Hall–Kier alpha value is -2.39. The minimum Gasteiger partial charge on any atom is -0.352 e. The number of hydrogen-bond acceptors (Lipinski definition) is 4. The summed E-state index contributed by atoms with van der Waals surface area (Å²) < 4.78 is 27.2. The second-order valence-electron chi connectivity index (χ2n) is 8.70. The van der Waals surface area contributed by atoms with Crippen molar-refractivity contribution in [2.45, 2.75) is 59.7 Å². The number of halogens is 1. The summed E-state index contributed by atoms with van der Waals surface area (Å²) in [5.41, 5.74) is 3.17. The molecule has 0 spiro atoms. The molecule has 1 N–H and O–H groups in total. The standard InChI is InChI=1S/C25H34BrN3O4S/c1-7-19(4)27-25(31)20(5)28(15-21-10-8-17(2)9-11-21)24(30)16-29(34(6,32)33)22-12-13-23(26)18(3)14-22/h8-14,19-20H,7,15-16H2,1-6H3,(H,27,31)/t19-,20-/m1/s1. The van der Waals surface area contributed by atoms with Gasteiger partial charge in [0.15, 0.2) is 0 Å². The molecule has 0 unspecified atom stereocenters. The summed E-state index contributed by atoms with van der Waals surface area (Å²) in [6.45, 7) is 9.13. The third-order valence-corrected chi connectivity index (χ3v) is 7.78. The highest BCUT2D eigenvalue weighted by Gasteiger charge is 2.30. The molecular formula is C25H34BrN3O4S. The highest BCUT2D eigenvalue weighted by Crippen LogP contribution is 2.25. The van der Waals surface area contributed by atoms with Crippen LogP contribution in [0.25, 0.3) is 0 Å². The van der Waals surface area contributed by atoms with Gasteiger partial charge in [-0.3, -0.25) is 13.9 Å². The van der Waals surface area contributed by atoms with E-state index in [9.17, 15) is 18.0 Å². The van der Waals surface area contributed by atoms with Crippen LogP contribution in [0.4, 0.5) is 5.69 Å². The van der Waals surface area contributed by atoms with E-state index in [1.807, 2.05) is 52.0 Å². The van der Waals surface area contributed by atoms with Gasteiger partial charge in [-0.2, -0.15) is 0 Å². The zero-order valence-corrected chi connectivity index (χ0v) is 23.0. The van der Waals surface area contributed by atoms with Crippen LogP contribution in [0.2, 0.25) is 0 Å². The minimum atomic E-state index is -3.75. The van der Waals surface area contributed by atoms with Crippen molar-refractivity contribution in [2.24, 2.45) is 0 Å². The van der Waals surface area contributed by atoms with E-state index in [1.165, 1.54) is 4.90 Å². The van der Waals surface area contributed by atoms with Crippen molar-refractivity contribution < 1.29 is 18.0 Å². The number of amides is 2. The minimum absolute atomic E-state index is 0.0375. The average Bonchev–Trinajstić information content (AvgIpc) is 2.77. The third-order valence-electron chi connectivity index (χ3n) is 5.75. The predicted molar refractivity (Wildman–Crippen MR) is 140 cm³/mol. The van der Waals surface area contributed by atoms with E-state index < -0.39 is 28.5 Å². The summed E-state index contributed by atoms with van der Waals surface area (Å²) in [5.74, 6) is -0.737. The third kappa shape index (κ3) is 7.56. The molecule has 0 saturated carbocycles. The van der Waals surface area contributed by atoms with Gasteiger partial charge in [0.2, 0.25) is 21.8 Å². The van der Waals surface area contributed by atoms with Crippen LogP contribution in [-0.4, -0.2) is 50.0 Å². The quantitative estimate of drug-likeness (QED) is 0.480. The van der Waals surface area contributed by atoms with Crippen LogP contribution < -0.4 is 9.62 Å². The molecule has 0 aromatic heterocycles. The van der Waals surface area contributed by atoms with Gasteiger partial charge in [-0.05, 0) is 63.4 Å². The van der Waals surface area contributed by atoms with E-state index >= 15 is 0 Å². The van der Waals surface area contributed by atoms with Crippen LogP contribution in [0.1, 0.15) is 43.9 Å². The first kappa shape index (κ1) is 27.9. The van der Waals surface area contributed by atoms with Gasteiger partial charge in [0, 0.05) is 17.1 Å². The highest BCUT2D eigenvalue weighted by molar-refractivity contribution is 9.10. The highest BCUT2D eigenvalue weighted by atomic mass is 79.9. The molecule has 7 nitrogen and oxygen atoms in total. The smallest absolute Gasteiger partial charge is 0.244 e. The van der Waals surface area contributed by atoms with Crippen LogP contribution in [0.15, 0.2) is 46.9 Å². The first-order valence-electron chi connectivity index (χ1n) is 11.2. The molecule has 2 atom stereocenters. The van der Waals surface area contributed by atoms with Gasteiger partial charge in [-0.1, -0.05) is 52.7 Å². The van der Waals surface area contributed by atoms with Gasteiger partial charge in [-0.25, -0.2) is 8.42 Å². The van der Waals surface area contributed by atoms with Crippen LogP contribution >= 0.6 is 15.9 Å². The molecule has 0 bridgehead atoms. The molecule has 2 amide bonds. The lowest BCUT2D eigenvalue weighted by atomic mass is 10.1. The number of hydrogen-bond donors (Lipinski definition) is 1. The molecule has 0 aliphatic carbocycles. The number of benzene rings is 2. The lowest BCUT2D eigenvalue weighted by Crippen LogP contribution is -2.52. The molecule has 0 heterocycles. The number of carbonyl (C=O) groups is 2. The lowest BCUT2D eigenvalue weighted by Gasteiger charge is -2.32. The topological polar surface area (TPSA) is 86.8 Å². The summed E-state index contributed by atoms with van der Waals surface area (Å²) in [6, 6.07) is 12.0. The van der Waals surface area contributed by atoms with Crippen LogP contribution in [-0.2, 0) is 26.2 Å². The van der Waals surface area contributed by atoms with E-state index in [0.29, 0.717) is 5.69 Å². The van der Waals surface area contributed by atoms with Crippen LogP contribution in [0, 0.1) is 13.8 Å². The number of rotatable bonds is 10. The first-order chi connectivity index (χ1) is 15.8. The van der Waals surface area contributed by atoms with E-state index in [0.717, 1.165) is 38.1 Å². The fourth-order valence-corrected chi connectivity index (χ4v) is 4.42. The molecule has 9 heteroatoms. The number of nitrogens with one attached hydrogen (secondary N) is 1. The van der Waals surface area contributed by atoms with Gasteiger partial charge in [0.1, 0.15) is 12.6 Å². The Kier molecular flexibility index (Phi) is 9.70. The second-order valence-corrected chi connectivity index (χ2v) is 11.5. The number of anilines is 1. The SMILES string of the molecule is CC[C@@H](C)NC(=O)[C@@H](C)N(Cc1ccc(C)cc1)C(=O)CN(c1ccc(Br)c(C)c1)S(C)(=O)=O. The number of nitrogens with zero attached hydrogens (tertiary/aromatic N) is 2. The second kappa shape index (κ2) is 11.8. The predicted octanol–water partition coefficient (Wildman–Crippen LogP) is 4.16. The maximum Gasteiger partial charge on any atom is 0.244 e. The van der Waals surface area contributed by atoms with E-state index in [-0.39, 0.29) is 18.5 Å². The Morgan fingerprint density at radius 1 is 1.06 bits per heavy atom. The van der Waals surface area contributed by atoms with Crippen LogP contribution in [0.3, 0.4) is 0 Å². The molecule has 2 aromatic carbocycles. The average molecular weight is 553 g/mol. The van der Waals surface area contributed by atoms with E-state index in [1.54, 1.807) is 25.1 Å². The molecule has 0 aliphatic rings. The molecule has 2 rings (SSSR count). The lowest BCUT2D eigenvalue weighted by molar-refractivity contribution is -0.139. The van der Waals surface area contributed by atoms with Crippen molar-refractivity contribution in [1.82, 2.24) is 10.2 Å². The zero-order valence-electron chi connectivity index (χ0n) is 20.6. The molecule has 0 aliphatic heterocycles. The van der Waals surface area contributed by atoms with Crippen molar-refractivity contribution in [3.05, 3.63) is 63.6 Å². The van der Waals surface area contributed by atoms with Crippen molar-refractivity contribution in [3.63, 3.8) is 0 Å². The zero-order chi connectivity index (χ0) is 25.6. The van der Waals surface area contributed by atoms with E-state index in [4.69, 9.17) is 0 Å². The monoisotopic (exact) mass is 551 g/mol. The maximum absolute atomic E-state index is 13.5. The normalized spacial score (nSPS) is 13.1. The van der Waals surface area contributed by atoms with Gasteiger partial charge >= 0.3 is 0 Å². The summed E-state index contributed by atoms with van der Waals surface area (Å²) >= 11 is 3.42. The largest absolute Gasteiger partial charge is 0.352 e. The summed E-state index contributed by atoms with van der Waals surface area (Å²) in [4.78, 5) is 27.9. The molecule has 0 fully saturated rings. The van der Waals surface area contributed by atoms with E-state index in [2.05, 4.69) is 21.2 Å². The summed E-state index contributed by atoms with van der Waals surface area (Å²) in [7, 11) is -3.75.